The second-order valence-corrected chi connectivity index (χ2v) is 6.52. The van der Waals surface area contributed by atoms with E-state index >= 15 is 0 Å². The number of rotatable bonds is 2. The van der Waals surface area contributed by atoms with Gasteiger partial charge in [0, 0.05) is 36.6 Å². The molecule has 3 nitrogen and oxygen atoms in total. The average Bonchev–Trinajstić information content (AvgIpc) is 2.80. The van der Waals surface area contributed by atoms with Gasteiger partial charge in [0.25, 0.3) is 0 Å². The number of halogens is 2. The molecule has 1 atom stereocenters. The van der Waals surface area contributed by atoms with Crippen molar-refractivity contribution in [2.45, 2.75) is 31.8 Å². The molecule has 3 rings (SSSR count). The first-order valence-corrected chi connectivity index (χ1v) is 7.78. The average molecular weight is 344 g/mol. The van der Waals surface area contributed by atoms with Crippen molar-refractivity contribution in [1.29, 1.82) is 0 Å². The summed E-state index contributed by atoms with van der Waals surface area (Å²) in [6.45, 7) is 2.84. The first-order valence-electron chi connectivity index (χ1n) is 6.61. The molecule has 0 aromatic heterocycles. The SMILES string of the molecule is O=C1CC[C@@H](CN2CCc3ccc(Br)c(Cl)c3C2)N1. The van der Waals surface area contributed by atoms with Crippen LogP contribution in [-0.4, -0.2) is 29.9 Å². The maximum Gasteiger partial charge on any atom is 0.220 e. The molecule has 0 aliphatic carbocycles. The number of nitrogens with one attached hydrogen (secondary N) is 1. The molecule has 102 valence electrons. The van der Waals surface area contributed by atoms with E-state index in [1.165, 1.54) is 11.1 Å². The van der Waals surface area contributed by atoms with E-state index in [1.807, 2.05) is 6.07 Å². The van der Waals surface area contributed by atoms with Gasteiger partial charge in [-0.05, 0) is 46.0 Å². The Labute approximate surface area is 126 Å². The van der Waals surface area contributed by atoms with Gasteiger partial charge in [0.2, 0.25) is 5.91 Å². The van der Waals surface area contributed by atoms with Gasteiger partial charge in [0.15, 0.2) is 0 Å². The molecule has 1 aromatic rings. The summed E-state index contributed by atoms with van der Waals surface area (Å²) in [5.74, 6) is 0.184. The van der Waals surface area contributed by atoms with Crippen molar-refractivity contribution in [3.05, 3.63) is 32.8 Å². The van der Waals surface area contributed by atoms with Crippen LogP contribution >= 0.6 is 27.5 Å². The number of carbonyl (C=O) groups excluding carboxylic acids is 1. The first kappa shape index (κ1) is 13.4. The molecule has 2 aliphatic heterocycles. The van der Waals surface area contributed by atoms with Crippen molar-refractivity contribution in [3.8, 4) is 0 Å². The fourth-order valence-electron chi connectivity index (χ4n) is 2.90. The molecule has 2 heterocycles. The second-order valence-electron chi connectivity index (χ2n) is 5.29. The van der Waals surface area contributed by atoms with Gasteiger partial charge in [-0.25, -0.2) is 0 Å². The van der Waals surface area contributed by atoms with Gasteiger partial charge in [-0.1, -0.05) is 17.7 Å². The summed E-state index contributed by atoms with van der Waals surface area (Å²) in [6.07, 6.45) is 2.65. The lowest BCUT2D eigenvalue weighted by Gasteiger charge is -2.31. The summed E-state index contributed by atoms with van der Waals surface area (Å²) >= 11 is 9.86. The van der Waals surface area contributed by atoms with Crippen molar-refractivity contribution < 1.29 is 4.79 Å². The summed E-state index contributed by atoms with van der Waals surface area (Å²) in [4.78, 5) is 13.6. The Balaban J connectivity index is 1.71. The fourth-order valence-corrected chi connectivity index (χ4v) is 3.52. The fraction of sp³-hybridized carbons (Fsp3) is 0.500. The molecular formula is C14H16BrClN2O. The molecule has 2 aliphatic rings. The predicted octanol–water partition coefficient (Wildman–Crippen LogP) is 2.74. The third kappa shape index (κ3) is 2.81. The van der Waals surface area contributed by atoms with Crippen LogP contribution < -0.4 is 5.32 Å². The molecule has 1 saturated heterocycles. The maximum atomic E-state index is 11.2. The topological polar surface area (TPSA) is 32.3 Å². The molecule has 0 saturated carbocycles. The van der Waals surface area contributed by atoms with Gasteiger partial charge in [-0.2, -0.15) is 0 Å². The lowest BCUT2D eigenvalue weighted by molar-refractivity contribution is -0.119. The zero-order valence-electron chi connectivity index (χ0n) is 10.6. The Morgan fingerprint density at radius 1 is 1.42 bits per heavy atom. The van der Waals surface area contributed by atoms with Gasteiger partial charge in [0.05, 0.1) is 5.02 Å². The highest BCUT2D eigenvalue weighted by atomic mass is 79.9. The van der Waals surface area contributed by atoms with E-state index in [0.717, 1.165) is 42.0 Å². The van der Waals surface area contributed by atoms with Gasteiger partial charge in [-0.15, -0.1) is 0 Å². The van der Waals surface area contributed by atoms with Crippen LogP contribution in [0.15, 0.2) is 16.6 Å². The van der Waals surface area contributed by atoms with Gasteiger partial charge >= 0.3 is 0 Å². The third-order valence-corrected chi connectivity index (χ3v) is 5.26. The van der Waals surface area contributed by atoms with Crippen molar-refractivity contribution in [1.82, 2.24) is 10.2 Å². The zero-order chi connectivity index (χ0) is 13.4. The van der Waals surface area contributed by atoms with Crippen molar-refractivity contribution >= 4 is 33.4 Å². The Kier molecular flexibility index (Phi) is 3.83. The summed E-state index contributed by atoms with van der Waals surface area (Å²) in [5, 5.41) is 3.86. The molecule has 0 unspecified atom stereocenters. The minimum atomic E-state index is 0.184. The van der Waals surface area contributed by atoms with Crippen LogP contribution in [-0.2, 0) is 17.8 Å². The van der Waals surface area contributed by atoms with Crippen molar-refractivity contribution in [2.24, 2.45) is 0 Å². The molecule has 1 aromatic carbocycles. The highest BCUT2D eigenvalue weighted by Crippen LogP contribution is 2.32. The lowest BCUT2D eigenvalue weighted by Crippen LogP contribution is -2.41. The van der Waals surface area contributed by atoms with Crippen LogP contribution in [0.5, 0.6) is 0 Å². The number of benzene rings is 1. The summed E-state index contributed by atoms with van der Waals surface area (Å²) in [6, 6.07) is 4.48. The molecule has 5 heteroatoms. The smallest absolute Gasteiger partial charge is 0.220 e. The van der Waals surface area contributed by atoms with Crippen LogP contribution in [0.2, 0.25) is 5.02 Å². The number of hydrogen-bond donors (Lipinski definition) is 1. The number of nitrogens with zero attached hydrogens (tertiary/aromatic N) is 1. The molecular weight excluding hydrogens is 328 g/mol. The summed E-state index contributed by atoms with van der Waals surface area (Å²) in [5.41, 5.74) is 2.58. The number of fused-ring (bicyclic) bond motifs is 1. The molecule has 19 heavy (non-hydrogen) atoms. The van der Waals surface area contributed by atoms with E-state index in [-0.39, 0.29) is 5.91 Å². The van der Waals surface area contributed by atoms with E-state index in [1.54, 1.807) is 0 Å². The summed E-state index contributed by atoms with van der Waals surface area (Å²) < 4.78 is 0.962. The van der Waals surface area contributed by atoms with E-state index < -0.39 is 0 Å². The Bertz CT molecular complexity index is 520. The van der Waals surface area contributed by atoms with Crippen molar-refractivity contribution in [2.75, 3.05) is 13.1 Å². The minimum Gasteiger partial charge on any atom is -0.352 e. The zero-order valence-corrected chi connectivity index (χ0v) is 12.9. The molecule has 0 bridgehead atoms. The minimum absolute atomic E-state index is 0.184. The van der Waals surface area contributed by atoms with Gasteiger partial charge in [-0.3, -0.25) is 9.69 Å². The highest BCUT2D eigenvalue weighted by Gasteiger charge is 2.26. The molecule has 1 amide bonds. The van der Waals surface area contributed by atoms with Crippen LogP contribution in [0.4, 0.5) is 0 Å². The van der Waals surface area contributed by atoms with E-state index in [2.05, 4.69) is 32.2 Å². The monoisotopic (exact) mass is 342 g/mol. The Hall–Kier alpha value is -0.580. The van der Waals surface area contributed by atoms with Gasteiger partial charge in [0.1, 0.15) is 0 Å². The molecule has 1 fully saturated rings. The normalized spacial score (nSPS) is 23.3. The largest absolute Gasteiger partial charge is 0.352 e. The third-order valence-electron chi connectivity index (χ3n) is 3.94. The van der Waals surface area contributed by atoms with E-state index in [9.17, 15) is 4.79 Å². The first-order chi connectivity index (χ1) is 9.13. The van der Waals surface area contributed by atoms with Crippen LogP contribution in [0.25, 0.3) is 0 Å². The standard InChI is InChI=1S/C14H16BrClN2O/c15-12-3-1-9-5-6-18(8-11(9)14(12)16)7-10-2-4-13(19)17-10/h1,3,10H,2,4-8H2,(H,17,19)/t10-/m0/s1. The number of amides is 1. The Morgan fingerprint density at radius 2 is 2.26 bits per heavy atom. The molecule has 0 spiro atoms. The molecule has 0 radical (unpaired) electrons. The van der Waals surface area contributed by atoms with E-state index in [4.69, 9.17) is 11.6 Å². The number of carbonyl (C=O) groups is 1. The van der Waals surface area contributed by atoms with Crippen LogP contribution in [0.3, 0.4) is 0 Å². The predicted molar refractivity (Wildman–Crippen MR) is 79.3 cm³/mol. The summed E-state index contributed by atoms with van der Waals surface area (Å²) in [7, 11) is 0. The highest BCUT2D eigenvalue weighted by molar-refractivity contribution is 9.10. The van der Waals surface area contributed by atoms with Crippen LogP contribution in [0, 0.1) is 0 Å². The molecule has 1 N–H and O–H groups in total. The Morgan fingerprint density at radius 3 is 3.00 bits per heavy atom. The van der Waals surface area contributed by atoms with Crippen LogP contribution in [0.1, 0.15) is 24.0 Å². The van der Waals surface area contributed by atoms with Gasteiger partial charge < -0.3 is 5.32 Å². The quantitative estimate of drug-likeness (QED) is 0.895. The lowest BCUT2D eigenvalue weighted by atomic mass is 9.99. The van der Waals surface area contributed by atoms with Crippen molar-refractivity contribution in [3.63, 3.8) is 0 Å². The van der Waals surface area contributed by atoms with E-state index in [0.29, 0.717) is 12.5 Å². The number of hydrogen-bond acceptors (Lipinski definition) is 2. The maximum absolute atomic E-state index is 11.2. The second kappa shape index (κ2) is 5.43.